The molecule has 0 aliphatic heterocycles. The highest BCUT2D eigenvalue weighted by atomic mass is 32.2. The Morgan fingerprint density at radius 3 is 2.31 bits per heavy atom. The Kier molecular flexibility index (Phi) is 8.24. The number of carboxylic acids is 1. The molecule has 0 saturated carbocycles. The molecule has 2 aromatic carbocycles. The van der Waals surface area contributed by atoms with Crippen LogP contribution in [-0.4, -0.2) is 42.9 Å². The van der Waals surface area contributed by atoms with Gasteiger partial charge in [0.1, 0.15) is 0 Å². The van der Waals surface area contributed by atoms with Crippen molar-refractivity contribution in [3.05, 3.63) is 80.2 Å². The summed E-state index contributed by atoms with van der Waals surface area (Å²) in [5, 5.41) is 25.3. The van der Waals surface area contributed by atoms with Gasteiger partial charge in [0.15, 0.2) is 0 Å². The van der Waals surface area contributed by atoms with Crippen LogP contribution < -0.4 is 10.0 Å². The normalized spacial score (nSPS) is 11.8. The van der Waals surface area contributed by atoms with Crippen LogP contribution in [-0.2, 0) is 21.4 Å². The molecule has 0 unspecified atom stereocenters. The van der Waals surface area contributed by atoms with Crippen molar-refractivity contribution in [1.82, 2.24) is 10.0 Å². The first-order valence-electron chi connectivity index (χ1n) is 8.99. The maximum absolute atomic E-state index is 12.3. The largest absolute Gasteiger partial charge is 0.481 e. The smallest absolute Gasteiger partial charge is 0.305 e. The average Bonchev–Trinajstić information content (AvgIpc) is 2.76. The summed E-state index contributed by atoms with van der Waals surface area (Å²) < 4.78 is 27.0. The number of carboxylic acid groups (broad SMARTS) is 1. The van der Waals surface area contributed by atoms with E-state index < -0.39 is 39.3 Å². The quantitative estimate of drug-likeness (QED) is 0.149. The fraction of sp³-hybridized carbons (Fsp3) is 0.222. The van der Waals surface area contributed by atoms with Crippen molar-refractivity contribution in [2.45, 2.75) is 23.9 Å². The molecule has 32 heavy (non-hydrogen) atoms. The molecule has 0 radical (unpaired) electrons. The number of hydrogen-bond donors (Lipinski definition) is 3. The van der Waals surface area contributed by atoms with Crippen LogP contribution in [0.25, 0.3) is 10.4 Å². The predicted octanol–water partition coefficient (Wildman–Crippen LogP) is 1.96. The van der Waals surface area contributed by atoms with E-state index >= 15 is 0 Å². The molecule has 0 saturated heterocycles. The van der Waals surface area contributed by atoms with Crippen molar-refractivity contribution >= 4 is 27.6 Å². The molecule has 0 aromatic heterocycles. The number of carbonyl (C=O) groups is 2. The van der Waals surface area contributed by atoms with Crippen LogP contribution >= 0.6 is 0 Å². The summed E-state index contributed by atoms with van der Waals surface area (Å²) in [5.41, 5.74) is 8.86. The number of nitrogens with zero attached hydrogens (tertiary/aromatic N) is 4. The minimum atomic E-state index is -3.91. The van der Waals surface area contributed by atoms with Crippen LogP contribution in [0.15, 0.2) is 58.5 Å². The molecule has 0 fully saturated rings. The fourth-order valence-corrected chi connectivity index (χ4v) is 3.58. The van der Waals surface area contributed by atoms with Gasteiger partial charge in [-0.3, -0.25) is 19.7 Å². The number of benzene rings is 2. The van der Waals surface area contributed by atoms with Crippen molar-refractivity contribution in [3.8, 4) is 0 Å². The van der Waals surface area contributed by atoms with Gasteiger partial charge in [0.2, 0.25) is 10.0 Å². The van der Waals surface area contributed by atoms with Gasteiger partial charge < -0.3 is 10.4 Å². The summed E-state index contributed by atoms with van der Waals surface area (Å²) in [7, 11) is -3.91. The Balaban J connectivity index is 2.00. The predicted molar refractivity (Wildman–Crippen MR) is 111 cm³/mol. The number of carbonyl (C=O) groups excluding carboxylic acids is 1. The Bertz CT molecular complexity index is 1140. The van der Waals surface area contributed by atoms with Gasteiger partial charge in [-0.2, -0.15) is 0 Å². The van der Waals surface area contributed by atoms with Gasteiger partial charge in [0, 0.05) is 41.7 Å². The van der Waals surface area contributed by atoms with Crippen molar-refractivity contribution in [3.63, 3.8) is 0 Å². The molecule has 168 valence electrons. The molecule has 14 heteroatoms. The first-order chi connectivity index (χ1) is 15.1. The van der Waals surface area contributed by atoms with E-state index in [1.165, 1.54) is 24.3 Å². The number of amides is 1. The number of hydrogen-bond acceptors (Lipinski definition) is 7. The number of nitrogens with one attached hydrogen (secondary N) is 2. The molecular weight excluding hydrogens is 444 g/mol. The molecule has 1 amide bonds. The Labute approximate surface area is 181 Å². The van der Waals surface area contributed by atoms with Gasteiger partial charge in [-0.05, 0) is 35.4 Å². The van der Waals surface area contributed by atoms with E-state index in [0.29, 0.717) is 5.56 Å². The SMILES string of the molecule is [N-]=[N+]=NC[C@H](CC(=O)O)NC(=O)c1ccc(CNS(=O)(=O)c2ccc([N+](=O)[O-])cc2)cc1. The molecule has 0 bridgehead atoms. The monoisotopic (exact) mass is 462 g/mol. The second kappa shape index (κ2) is 10.9. The summed E-state index contributed by atoms with van der Waals surface area (Å²) in [5.74, 6) is -1.75. The van der Waals surface area contributed by atoms with Gasteiger partial charge in [-0.25, -0.2) is 13.1 Å². The molecule has 0 spiro atoms. The minimum Gasteiger partial charge on any atom is -0.481 e. The Morgan fingerprint density at radius 1 is 1.16 bits per heavy atom. The van der Waals surface area contributed by atoms with E-state index in [1.54, 1.807) is 0 Å². The number of nitro groups is 1. The van der Waals surface area contributed by atoms with Crippen LogP contribution in [0.2, 0.25) is 0 Å². The summed E-state index contributed by atoms with van der Waals surface area (Å²) in [4.78, 5) is 35.6. The van der Waals surface area contributed by atoms with E-state index in [9.17, 15) is 28.1 Å². The number of sulfonamides is 1. The molecule has 13 nitrogen and oxygen atoms in total. The molecule has 2 rings (SSSR count). The molecule has 2 aromatic rings. The summed E-state index contributed by atoms with van der Waals surface area (Å²) in [6.07, 6.45) is -0.423. The Hall–Kier alpha value is -4.00. The molecule has 1 atom stereocenters. The zero-order valence-corrected chi connectivity index (χ0v) is 17.2. The molecular formula is C18H18N6O7S. The number of nitro benzene ring substituents is 1. The van der Waals surface area contributed by atoms with Crippen molar-refractivity contribution in [2.24, 2.45) is 5.11 Å². The van der Waals surface area contributed by atoms with E-state index in [0.717, 1.165) is 24.3 Å². The van der Waals surface area contributed by atoms with Gasteiger partial charge in [-0.1, -0.05) is 17.2 Å². The maximum atomic E-state index is 12.3. The first-order valence-corrected chi connectivity index (χ1v) is 10.5. The van der Waals surface area contributed by atoms with Gasteiger partial charge in [-0.15, -0.1) is 0 Å². The number of azide groups is 1. The van der Waals surface area contributed by atoms with E-state index in [-0.39, 0.29) is 29.2 Å². The lowest BCUT2D eigenvalue weighted by Crippen LogP contribution is -2.38. The lowest BCUT2D eigenvalue weighted by atomic mass is 10.1. The molecule has 3 N–H and O–H groups in total. The second-order valence-corrected chi connectivity index (χ2v) is 8.22. The highest BCUT2D eigenvalue weighted by molar-refractivity contribution is 7.89. The van der Waals surface area contributed by atoms with Gasteiger partial charge in [0.05, 0.1) is 16.2 Å². The third kappa shape index (κ3) is 7.05. The molecule has 0 aliphatic rings. The minimum absolute atomic E-state index is 0.0975. The van der Waals surface area contributed by atoms with Crippen molar-refractivity contribution in [1.29, 1.82) is 0 Å². The highest BCUT2D eigenvalue weighted by Crippen LogP contribution is 2.16. The zero-order valence-electron chi connectivity index (χ0n) is 16.4. The third-order valence-electron chi connectivity index (χ3n) is 4.16. The van der Waals surface area contributed by atoms with Gasteiger partial charge in [0.25, 0.3) is 11.6 Å². The fourth-order valence-electron chi connectivity index (χ4n) is 2.56. The van der Waals surface area contributed by atoms with Crippen LogP contribution in [0, 0.1) is 10.1 Å². The average molecular weight is 462 g/mol. The summed E-state index contributed by atoms with van der Waals surface area (Å²) in [6.45, 7) is -0.323. The highest BCUT2D eigenvalue weighted by Gasteiger charge is 2.18. The number of aliphatic carboxylic acids is 1. The van der Waals surface area contributed by atoms with Crippen LogP contribution in [0.5, 0.6) is 0 Å². The van der Waals surface area contributed by atoms with Gasteiger partial charge >= 0.3 is 5.97 Å². The van der Waals surface area contributed by atoms with Crippen LogP contribution in [0.4, 0.5) is 5.69 Å². The maximum Gasteiger partial charge on any atom is 0.305 e. The number of non-ortho nitro benzene ring substituents is 1. The van der Waals surface area contributed by atoms with Crippen LogP contribution in [0.1, 0.15) is 22.3 Å². The number of rotatable bonds is 11. The lowest BCUT2D eigenvalue weighted by Gasteiger charge is -2.14. The van der Waals surface area contributed by atoms with Crippen LogP contribution in [0.3, 0.4) is 0 Å². The molecule has 0 aliphatic carbocycles. The topological polar surface area (TPSA) is 204 Å². The third-order valence-corrected chi connectivity index (χ3v) is 5.58. The lowest BCUT2D eigenvalue weighted by molar-refractivity contribution is -0.384. The second-order valence-electron chi connectivity index (χ2n) is 6.45. The van der Waals surface area contributed by atoms with E-state index in [2.05, 4.69) is 20.1 Å². The standard InChI is InChI=1S/C18H18N6O7S/c19-23-20-11-14(9-17(25)26)22-18(27)13-3-1-12(2-4-13)10-21-32(30,31)16-7-5-15(6-8-16)24(28)29/h1-8,14,21H,9-11H2,(H,22,27)(H,25,26)/t14-/m0/s1. The zero-order chi connectivity index (χ0) is 23.7. The molecule has 0 heterocycles. The van der Waals surface area contributed by atoms with Crippen molar-refractivity contribution in [2.75, 3.05) is 6.54 Å². The van der Waals surface area contributed by atoms with E-state index in [4.69, 9.17) is 10.6 Å². The first kappa shape index (κ1) is 24.3. The Morgan fingerprint density at radius 2 is 1.78 bits per heavy atom. The summed E-state index contributed by atoms with van der Waals surface area (Å²) >= 11 is 0. The van der Waals surface area contributed by atoms with Crippen molar-refractivity contribution < 1.29 is 28.0 Å². The van der Waals surface area contributed by atoms with E-state index in [1.807, 2.05) is 0 Å². The summed E-state index contributed by atoms with van der Waals surface area (Å²) in [6, 6.07) is 9.40.